The summed E-state index contributed by atoms with van der Waals surface area (Å²) in [7, 11) is 0. The van der Waals surface area contributed by atoms with Gasteiger partial charge < -0.3 is 14.4 Å². The molecule has 1 heterocycles. The number of hydrogen-bond donors (Lipinski definition) is 0. The number of likely N-dealkylation sites (tertiary alicyclic amines) is 1. The van der Waals surface area contributed by atoms with Gasteiger partial charge in [-0.3, -0.25) is 0 Å². The monoisotopic (exact) mass is 303 g/mol. The number of aldehydes is 1. The van der Waals surface area contributed by atoms with E-state index >= 15 is 0 Å². The number of benzene rings is 1. The van der Waals surface area contributed by atoms with Gasteiger partial charge in [-0.1, -0.05) is 30.3 Å². The summed E-state index contributed by atoms with van der Waals surface area (Å²) in [6.07, 6.45) is 2.45. The second-order valence-electron chi connectivity index (χ2n) is 6.88. The SMILES string of the molecule is CC(C)(C)OC(=O)N1CCC([C@H](C=O)c2ccccc2)CC1. The lowest BCUT2D eigenvalue weighted by Gasteiger charge is -2.35. The molecule has 1 saturated heterocycles. The van der Waals surface area contributed by atoms with E-state index in [-0.39, 0.29) is 12.0 Å². The number of amides is 1. The third-order valence-corrected chi connectivity index (χ3v) is 4.03. The first-order chi connectivity index (χ1) is 10.4. The van der Waals surface area contributed by atoms with E-state index in [9.17, 15) is 9.59 Å². The Labute approximate surface area is 132 Å². The van der Waals surface area contributed by atoms with Crippen molar-refractivity contribution in [2.45, 2.75) is 45.1 Å². The Morgan fingerprint density at radius 1 is 1.23 bits per heavy atom. The zero-order valence-electron chi connectivity index (χ0n) is 13.6. The van der Waals surface area contributed by atoms with Gasteiger partial charge in [-0.25, -0.2) is 4.79 Å². The third kappa shape index (κ3) is 4.33. The molecule has 1 amide bonds. The molecule has 4 nitrogen and oxygen atoms in total. The molecule has 2 rings (SSSR count). The second kappa shape index (κ2) is 6.95. The van der Waals surface area contributed by atoms with Crippen LogP contribution in [0.5, 0.6) is 0 Å². The molecule has 1 aromatic carbocycles. The Kier molecular flexibility index (Phi) is 5.22. The topological polar surface area (TPSA) is 46.6 Å². The molecule has 0 aliphatic carbocycles. The third-order valence-electron chi connectivity index (χ3n) is 4.03. The highest BCUT2D eigenvalue weighted by atomic mass is 16.6. The number of rotatable bonds is 3. The van der Waals surface area contributed by atoms with Crippen LogP contribution in [0.25, 0.3) is 0 Å². The lowest BCUT2D eigenvalue weighted by atomic mass is 9.81. The minimum absolute atomic E-state index is 0.0815. The summed E-state index contributed by atoms with van der Waals surface area (Å²) in [5.74, 6) is 0.209. The lowest BCUT2D eigenvalue weighted by molar-refractivity contribution is -0.110. The van der Waals surface area contributed by atoms with Crippen molar-refractivity contribution in [2.24, 2.45) is 5.92 Å². The molecule has 0 unspecified atom stereocenters. The van der Waals surface area contributed by atoms with Crippen molar-refractivity contribution in [3.8, 4) is 0 Å². The molecule has 4 heteroatoms. The van der Waals surface area contributed by atoms with Crippen molar-refractivity contribution < 1.29 is 14.3 Å². The Hall–Kier alpha value is -1.84. The van der Waals surface area contributed by atoms with Crippen LogP contribution in [0.2, 0.25) is 0 Å². The number of ether oxygens (including phenoxy) is 1. The molecule has 0 N–H and O–H groups in total. The van der Waals surface area contributed by atoms with E-state index in [1.807, 2.05) is 51.1 Å². The summed E-state index contributed by atoms with van der Waals surface area (Å²) in [5, 5.41) is 0. The van der Waals surface area contributed by atoms with Crippen LogP contribution in [0.3, 0.4) is 0 Å². The van der Waals surface area contributed by atoms with Crippen LogP contribution >= 0.6 is 0 Å². The quantitative estimate of drug-likeness (QED) is 0.801. The van der Waals surface area contributed by atoms with Gasteiger partial charge in [-0.15, -0.1) is 0 Å². The average Bonchev–Trinajstić information content (AvgIpc) is 2.48. The van der Waals surface area contributed by atoms with E-state index in [1.54, 1.807) is 4.90 Å². The fourth-order valence-electron chi connectivity index (χ4n) is 2.90. The zero-order chi connectivity index (χ0) is 16.2. The van der Waals surface area contributed by atoms with Crippen LogP contribution in [0.4, 0.5) is 4.79 Å². The van der Waals surface area contributed by atoms with E-state index in [2.05, 4.69) is 0 Å². The molecule has 0 bridgehead atoms. The van der Waals surface area contributed by atoms with Crippen molar-refractivity contribution in [2.75, 3.05) is 13.1 Å². The first-order valence-electron chi connectivity index (χ1n) is 7.89. The van der Waals surface area contributed by atoms with E-state index in [4.69, 9.17) is 4.74 Å². The largest absolute Gasteiger partial charge is 0.444 e. The van der Waals surface area contributed by atoms with Gasteiger partial charge in [0.15, 0.2) is 0 Å². The first kappa shape index (κ1) is 16.5. The Morgan fingerprint density at radius 2 is 1.82 bits per heavy atom. The second-order valence-corrected chi connectivity index (χ2v) is 6.88. The highest BCUT2D eigenvalue weighted by Gasteiger charge is 2.31. The van der Waals surface area contributed by atoms with Crippen LogP contribution < -0.4 is 0 Å². The maximum atomic E-state index is 12.1. The van der Waals surface area contributed by atoms with Gasteiger partial charge in [-0.2, -0.15) is 0 Å². The maximum absolute atomic E-state index is 12.1. The molecule has 1 aliphatic rings. The van der Waals surface area contributed by atoms with Crippen molar-refractivity contribution in [1.82, 2.24) is 4.90 Å². The van der Waals surface area contributed by atoms with Crippen LogP contribution in [-0.4, -0.2) is 36.0 Å². The standard InChI is InChI=1S/C18H25NO3/c1-18(2,3)22-17(21)19-11-9-15(10-12-19)16(13-20)14-7-5-4-6-8-14/h4-8,13,15-16H,9-12H2,1-3H3/t16-/m1/s1. The van der Waals surface area contributed by atoms with E-state index in [1.165, 1.54) is 0 Å². The van der Waals surface area contributed by atoms with E-state index in [0.29, 0.717) is 19.0 Å². The fourth-order valence-corrected chi connectivity index (χ4v) is 2.90. The van der Waals surface area contributed by atoms with E-state index in [0.717, 1.165) is 24.7 Å². The Morgan fingerprint density at radius 3 is 2.32 bits per heavy atom. The minimum Gasteiger partial charge on any atom is -0.444 e. The summed E-state index contributed by atoms with van der Waals surface area (Å²) in [6, 6.07) is 9.87. The predicted molar refractivity (Wildman–Crippen MR) is 85.8 cm³/mol. The van der Waals surface area contributed by atoms with Crippen LogP contribution in [0.15, 0.2) is 30.3 Å². The van der Waals surface area contributed by atoms with Crippen LogP contribution in [-0.2, 0) is 9.53 Å². The number of carbonyl (C=O) groups is 2. The molecule has 1 fully saturated rings. The van der Waals surface area contributed by atoms with E-state index < -0.39 is 5.60 Å². The van der Waals surface area contributed by atoms with Crippen LogP contribution in [0, 0.1) is 5.92 Å². The molecule has 0 saturated carbocycles. The molecule has 0 radical (unpaired) electrons. The lowest BCUT2D eigenvalue weighted by Crippen LogP contribution is -2.42. The summed E-state index contributed by atoms with van der Waals surface area (Å²) >= 11 is 0. The molecule has 22 heavy (non-hydrogen) atoms. The average molecular weight is 303 g/mol. The Balaban J connectivity index is 1.94. The predicted octanol–water partition coefficient (Wildman–Crippen LogP) is 3.62. The number of hydrogen-bond acceptors (Lipinski definition) is 3. The molecule has 0 spiro atoms. The molecular formula is C18H25NO3. The number of nitrogens with zero attached hydrogens (tertiary/aromatic N) is 1. The zero-order valence-corrected chi connectivity index (χ0v) is 13.6. The van der Waals surface area contributed by atoms with Crippen LogP contribution in [0.1, 0.15) is 45.1 Å². The summed E-state index contributed by atoms with van der Waals surface area (Å²) in [4.78, 5) is 25.3. The number of piperidine rings is 1. The molecule has 1 atom stereocenters. The highest BCUT2D eigenvalue weighted by molar-refractivity contribution is 5.68. The van der Waals surface area contributed by atoms with Crippen molar-refractivity contribution >= 4 is 12.4 Å². The summed E-state index contributed by atoms with van der Waals surface area (Å²) in [6.45, 7) is 6.91. The van der Waals surface area contributed by atoms with Gasteiger partial charge in [0.2, 0.25) is 0 Å². The molecule has 1 aliphatic heterocycles. The van der Waals surface area contributed by atoms with Crippen molar-refractivity contribution in [3.63, 3.8) is 0 Å². The smallest absolute Gasteiger partial charge is 0.410 e. The van der Waals surface area contributed by atoms with Gasteiger partial charge in [0.1, 0.15) is 11.9 Å². The summed E-state index contributed by atoms with van der Waals surface area (Å²) < 4.78 is 5.40. The van der Waals surface area contributed by atoms with Gasteiger partial charge in [0, 0.05) is 19.0 Å². The molecule has 0 aromatic heterocycles. The Bertz CT molecular complexity index is 499. The molecule has 120 valence electrons. The van der Waals surface area contributed by atoms with Gasteiger partial charge in [-0.05, 0) is 45.1 Å². The highest BCUT2D eigenvalue weighted by Crippen LogP contribution is 2.31. The maximum Gasteiger partial charge on any atom is 0.410 e. The normalized spacial score (nSPS) is 17.9. The van der Waals surface area contributed by atoms with Gasteiger partial charge >= 0.3 is 6.09 Å². The minimum atomic E-state index is -0.469. The van der Waals surface area contributed by atoms with Crippen molar-refractivity contribution in [1.29, 1.82) is 0 Å². The molecular weight excluding hydrogens is 278 g/mol. The van der Waals surface area contributed by atoms with Gasteiger partial charge in [0.25, 0.3) is 0 Å². The number of carbonyl (C=O) groups excluding carboxylic acids is 2. The van der Waals surface area contributed by atoms with Gasteiger partial charge in [0.05, 0.1) is 0 Å². The summed E-state index contributed by atoms with van der Waals surface area (Å²) in [5.41, 5.74) is 0.594. The fraction of sp³-hybridized carbons (Fsp3) is 0.556. The van der Waals surface area contributed by atoms with Crippen molar-refractivity contribution in [3.05, 3.63) is 35.9 Å². The first-order valence-corrected chi connectivity index (χ1v) is 7.89. The molecule has 1 aromatic rings.